The maximum Gasteiger partial charge on any atom is 0.321 e. The molecule has 4 rings (SSSR count). The van der Waals surface area contributed by atoms with Gasteiger partial charge in [-0.15, -0.1) is 0 Å². The summed E-state index contributed by atoms with van der Waals surface area (Å²) < 4.78 is 0. The van der Waals surface area contributed by atoms with Crippen molar-refractivity contribution in [2.75, 3.05) is 11.9 Å². The molecule has 7 heteroatoms. The first kappa shape index (κ1) is 22.0. The van der Waals surface area contributed by atoms with E-state index in [2.05, 4.69) is 16.7 Å². The van der Waals surface area contributed by atoms with Crippen LogP contribution in [0.3, 0.4) is 0 Å². The average Bonchev–Trinajstić information content (AvgIpc) is 3.11. The van der Waals surface area contributed by atoms with Crippen molar-refractivity contribution >= 4 is 23.5 Å². The first-order valence-electron chi connectivity index (χ1n) is 11.1. The fraction of sp³-hybridized carbons (Fsp3) is 0.400. The Labute approximate surface area is 187 Å². The van der Waals surface area contributed by atoms with Crippen LogP contribution in [-0.4, -0.2) is 46.4 Å². The lowest BCUT2D eigenvalue weighted by Crippen LogP contribution is -2.44. The zero-order valence-electron chi connectivity index (χ0n) is 18.2. The number of aryl methyl sites for hydroxylation is 1. The summed E-state index contributed by atoms with van der Waals surface area (Å²) in [6, 6.07) is 13.8. The number of nitrogens with zero attached hydrogens (tertiary/aromatic N) is 1. The number of anilines is 1. The van der Waals surface area contributed by atoms with Crippen molar-refractivity contribution in [2.45, 2.75) is 57.2 Å². The van der Waals surface area contributed by atoms with Crippen LogP contribution in [0.5, 0.6) is 0 Å². The first-order valence-corrected chi connectivity index (χ1v) is 11.1. The van der Waals surface area contributed by atoms with Crippen molar-refractivity contribution in [3.63, 3.8) is 0 Å². The number of nitrogens with one attached hydrogen (secondary N) is 2. The van der Waals surface area contributed by atoms with Gasteiger partial charge < -0.3 is 15.7 Å². The van der Waals surface area contributed by atoms with Gasteiger partial charge in [0.1, 0.15) is 6.04 Å². The van der Waals surface area contributed by atoms with E-state index < -0.39 is 24.1 Å². The molecule has 0 unspecified atom stereocenters. The van der Waals surface area contributed by atoms with Gasteiger partial charge in [-0.3, -0.25) is 19.3 Å². The number of carboxylic acids is 1. The van der Waals surface area contributed by atoms with Gasteiger partial charge in [-0.1, -0.05) is 42.5 Å². The third-order valence-corrected chi connectivity index (χ3v) is 6.43. The molecule has 1 heterocycles. The molecule has 32 heavy (non-hydrogen) atoms. The van der Waals surface area contributed by atoms with Crippen LogP contribution >= 0.6 is 0 Å². The third kappa shape index (κ3) is 4.67. The Morgan fingerprint density at radius 1 is 1.03 bits per heavy atom. The molecule has 2 amide bonds. The zero-order chi connectivity index (χ0) is 22.7. The molecule has 3 atom stereocenters. The molecular formula is C25H29N3O4. The van der Waals surface area contributed by atoms with Crippen molar-refractivity contribution in [3.8, 4) is 0 Å². The topological polar surface area (TPSA) is 98.7 Å². The molecule has 1 saturated heterocycles. The van der Waals surface area contributed by atoms with Gasteiger partial charge in [0.05, 0.1) is 18.6 Å². The van der Waals surface area contributed by atoms with Crippen LogP contribution in [0.4, 0.5) is 5.69 Å². The average molecular weight is 436 g/mol. The Balaban J connectivity index is 1.59. The molecule has 0 saturated carbocycles. The predicted molar refractivity (Wildman–Crippen MR) is 121 cm³/mol. The quantitative estimate of drug-likeness (QED) is 0.648. The molecule has 168 valence electrons. The molecule has 1 aliphatic heterocycles. The molecule has 0 radical (unpaired) electrons. The summed E-state index contributed by atoms with van der Waals surface area (Å²) >= 11 is 0. The second kappa shape index (κ2) is 9.53. The summed E-state index contributed by atoms with van der Waals surface area (Å²) in [7, 11) is 0. The number of rotatable bonds is 6. The number of fused-ring (bicyclic) bond motifs is 1. The number of carbonyl (C=O) groups excluding carboxylic acids is 2. The van der Waals surface area contributed by atoms with Gasteiger partial charge in [0.2, 0.25) is 11.8 Å². The van der Waals surface area contributed by atoms with Crippen LogP contribution in [0.1, 0.15) is 48.9 Å². The van der Waals surface area contributed by atoms with E-state index in [1.807, 2.05) is 42.5 Å². The smallest absolute Gasteiger partial charge is 0.321 e. The summed E-state index contributed by atoms with van der Waals surface area (Å²) in [6.45, 7) is 1.35. The molecule has 0 aromatic heterocycles. The minimum atomic E-state index is -0.997. The van der Waals surface area contributed by atoms with Crippen molar-refractivity contribution in [1.82, 2.24) is 10.2 Å². The van der Waals surface area contributed by atoms with Gasteiger partial charge in [0, 0.05) is 12.6 Å². The minimum absolute atomic E-state index is 0.0731. The van der Waals surface area contributed by atoms with E-state index in [1.54, 1.807) is 4.90 Å². The number of likely N-dealkylation sites (tertiary alicyclic amines) is 1. The van der Waals surface area contributed by atoms with Crippen LogP contribution in [0, 0.1) is 0 Å². The maximum absolute atomic E-state index is 13.1. The second-order valence-corrected chi connectivity index (χ2v) is 8.62. The lowest BCUT2D eigenvalue weighted by atomic mass is 9.90. The zero-order valence-corrected chi connectivity index (χ0v) is 18.2. The number of hydrogen-bond donors (Lipinski definition) is 3. The highest BCUT2D eigenvalue weighted by Crippen LogP contribution is 2.37. The van der Waals surface area contributed by atoms with E-state index >= 15 is 0 Å². The Kier molecular flexibility index (Phi) is 6.55. The van der Waals surface area contributed by atoms with Crippen LogP contribution in [0.2, 0.25) is 0 Å². The Hall–Kier alpha value is -3.19. The normalized spacial score (nSPS) is 22.7. The molecule has 3 N–H and O–H groups in total. The van der Waals surface area contributed by atoms with Gasteiger partial charge in [-0.05, 0) is 54.9 Å². The van der Waals surface area contributed by atoms with Gasteiger partial charge in [-0.2, -0.15) is 0 Å². The van der Waals surface area contributed by atoms with E-state index in [9.17, 15) is 19.5 Å². The van der Waals surface area contributed by atoms with Gasteiger partial charge in [0.15, 0.2) is 0 Å². The number of aliphatic carboxylic acids is 1. The van der Waals surface area contributed by atoms with Crippen molar-refractivity contribution in [2.24, 2.45) is 0 Å². The largest absolute Gasteiger partial charge is 0.480 e. The van der Waals surface area contributed by atoms with Crippen LogP contribution in [0.15, 0.2) is 48.5 Å². The van der Waals surface area contributed by atoms with Crippen molar-refractivity contribution < 1.29 is 19.5 Å². The van der Waals surface area contributed by atoms with E-state index in [0.29, 0.717) is 0 Å². The highest BCUT2D eigenvalue weighted by molar-refractivity contribution is 5.93. The van der Waals surface area contributed by atoms with E-state index in [-0.39, 0.29) is 24.8 Å². The first-order chi connectivity index (χ1) is 15.4. The third-order valence-electron chi connectivity index (χ3n) is 6.43. The highest BCUT2D eigenvalue weighted by atomic mass is 16.4. The molecule has 2 aromatic carbocycles. The fourth-order valence-corrected chi connectivity index (χ4v) is 5.11. The summed E-state index contributed by atoms with van der Waals surface area (Å²) in [4.78, 5) is 38.7. The number of amides is 2. The number of hydrogen-bond acceptors (Lipinski definition) is 4. The molecule has 2 aliphatic rings. The molecule has 1 aliphatic carbocycles. The van der Waals surface area contributed by atoms with Crippen LogP contribution in [0.25, 0.3) is 0 Å². The molecular weight excluding hydrogens is 406 g/mol. The SMILES string of the molecule is CC(=O)N[C@H]1C[C@@H](C(=O)O)N(CC(=O)Nc2cccc3c2CCCC3)[C@H]1c1ccccc1. The van der Waals surface area contributed by atoms with Gasteiger partial charge in [0.25, 0.3) is 0 Å². The summed E-state index contributed by atoms with van der Waals surface area (Å²) in [5.41, 5.74) is 4.14. The van der Waals surface area contributed by atoms with E-state index in [4.69, 9.17) is 0 Å². The number of carboxylic acid groups (broad SMARTS) is 1. The summed E-state index contributed by atoms with van der Waals surface area (Å²) in [5.74, 6) is -1.47. The second-order valence-electron chi connectivity index (χ2n) is 8.62. The molecule has 0 spiro atoms. The Morgan fingerprint density at radius 3 is 2.50 bits per heavy atom. The maximum atomic E-state index is 13.1. The summed E-state index contributed by atoms with van der Waals surface area (Å²) in [6.07, 6.45) is 4.44. The molecule has 1 fully saturated rings. The van der Waals surface area contributed by atoms with Crippen LogP contribution in [-0.2, 0) is 27.2 Å². The summed E-state index contributed by atoms with van der Waals surface area (Å²) in [5, 5.41) is 15.8. The Bertz CT molecular complexity index is 1010. The molecule has 2 aromatic rings. The van der Waals surface area contributed by atoms with Gasteiger partial charge in [-0.25, -0.2) is 0 Å². The van der Waals surface area contributed by atoms with Gasteiger partial charge >= 0.3 is 5.97 Å². The van der Waals surface area contributed by atoms with Crippen molar-refractivity contribution in [3.05, 3.63) is 65.2 Å². The van der Waals surface area contributed by atoms with Crippen molar-refractivity contribution in [1.29, 1.82) is 0 Å². The number of benzene rings is 2. The fourth-order valence-electron chi connectivity index (χ4n) is 5.11. The standard InChI is InChI=1S/C25H29N3O4/c1-16(29)26-21-14-22(25(31)32)28(24(21)18-9-3-2-4-10-18)15-23(30)27-20-13-7-11-17-8-5-6-12-19(17)20/h2-4,7,9-11,13,21-22,24H,5-6,8,12,14-15H2,1H3,(H,26,29)(H,27,30)(H,31,32)/t21-,22-,24-/m0/s1. The molecule has 0 bridgehead atoms. The Morgan fingerprint density at radius 2 is 1.78 bits per heavy atom. The number of carbonyl (C=O) groups is 3. The van der Waals surface area contributed by atoms with Crippen LogP contribution < -0.4 is 10.6 Å². The lowest BCUT2D eigenvalue weighted by molar-refractivity contribution is -0.143. The van der Waals surface area contributed by atoms with E-state index in [0.717, 1.165) is 36.9 Å². The molecule has 7 nitrogen and oxygen atoms in total. The lowest BCUT2D eigenvalue weighted by Gasteiger charge is -2.30. The van der Waals surface area contributed by atoms with E-state index in [1.165, 1.54) is 18.1 Å². The minimum Gasteiger partial charge on any atom is -0.480 e. The highest BCUT2D eigenvalue weighted by Gasteiger charge is 2.46. The monoisotopic (exact) mass is 435 g/mol. The predicted octanol–water partition coefficient (Wildman–Crippen LogP) is 2.91.